The molecule has 0 aliphatic rings. The normalized spacial score (nSPS) is 11.0. The standard InChI is InChI=1S/C15H21N3O2/c1-11(2)16-10-14-17-15(20-18-14)7-8-19-13-6-4-5-12(3)9-13/h4-6,9,11,16H,7-8,10H2,1-3H3. The van der Waals surface area contributed by atoms with Crippen LogP contribution in [0.4, 0.5) is 0 Å². The number of nitrogens with zero attached hydrogens (tertiary/aromatic N) is 2. The molecule has 0 bridgehead atoms. The first-order valence-corrected chi connectivity index (χ1v) is 6.88. The maximum atomic E-state index is 5.65. The van der Waals surface area contributed by atoms with Crippen LogP contribution in [0.3, 0.4) is 0 Å². The topological polar surface area (TPSA) is 60.2 Å². The first-order valence-electron chi connectivity index (χ1n) is 6.88. The molecule has 1 aromatic heterocycles. The third-order valence-electron chi connectivity index (χ3n) is 2.75. The molecule has 5 nitrogen and oxygen atoms in total. The first-order chi connectivity index (χ1) is 9.63. The van der Waals surface area contributed by atoms with Crippen molar-refractivity contribution in [2.75, 3.05) is 6.61 Å². The van der Waals surface area contributed by atoms with Crippen LogP contribution in [-0.2, 0) is 13.0 Å². The van der Waals surface area contributed by atoms with Gasteiger partial charge in [0.2, 0.25) is 5.89 Å². The lowest BCUT2D eigenvalue weighted by Crippen LogP contribution is -2.22. The summed E-state index contributed by atoms with van der Waals surface area (Å²) in [6, 6.07) is 8.37. The second-order valence-corrected chi connectivity index (χ2v) is 5.05. The Morgan fingerprint density at radius 1 is 1.35 bits per heavy atom. The van der Waals surface area contributed by atoms with Gasteiger partial charge in [-0.1, -0.05) is 31.1 Å². The zero-order chi connectivity index (χ0) is 14.4. The number of hydrogen-bond acceptors (Lipinski definition) is 5. The number of hydrogen-bond donors (Lipinski definition) is 1. The molecule has 2 rings (SSSR count). The minimum atomic E-state index is 0.404. The lowest BCUT2D eigenvalue weighted by molar-refractivity contribution is 0.291. The summed E-state index contributed by atoms with van der Waals surface area (Å²) in [6.45, 7) is 7.36. The summed E-state index contributed by atoms with van der Waals surface area (Å²) in [5.74, 6) is 2.16. The summed E-state index contributed by atoms with van der Waals surface area (Å²) in [5.41, 5.74) is 1.18. The minimum Gasteiger partial charge on any atom is -0.493 e. The zero-order valence-electron chi connectivity index (χ0n) is 12.2. The molecule has 0 spiro atoms. The quantitative estimate of drug-likeness (QED) is 0.841. The van der Waals surface area contributed by atoms with Crippen LogP contribution in [0.1, 0.15) is 31.1 Å². The van der Waals surface area contributed by atoms with Gasteiger partial charge in [-0.2, -0.15) is 4.98 Å². The number of nitrogens with one attached hydrogen (secondary N) is 1. The van der Waals surface area contributed by atoms with E-state index in [0.717, 1.165) is 5.75 Å². The van der Waals surface area contributed by atoms with Crippen LogP contribution in [0.2, 0.25) is 0 Å². The van der Waals surface area contributed by atoms with Gasteiger partial charge in [-0.15, -0.1) is 0 Å². The Balaban J connectivity index is 1.77. The average Bonchev–Trinajstić information content (AvgIpc) is 2.84. The second-order valence-electron chi connectivity index (χ2n) is 5.05. The predicted molar refractivity (Wildman–Crippen MR) is 76.7 cm³/mol. The molecule has 0 unspecified atom stereocenters. The van der Waals surface area contributed by atoms with Crippen molar-refractivity contribution < 1.29 is 9.26 Å². The highest BCUT2D eigenvalue weighted by molar-refractivity contribution is 5.27. The highest BCUT2D eigenvalue weighted by Crippen LogP contribution is 2.12. The fourth-order valence-corrected chi connectivity index (χ4v) is 1.72. The number of aromatic nitrogens is 2. The van der Waals surface area contributed by atoms with Crippen LogP contribution >= 0.6 is 0 Å². The minimum absolute atomic E-state index is 0.404. The molecule has 1 heterocycles. The van der Waals surface area contributed by atoms with Crippen LogP contribution in [-0.4, -0.2) is 22.8 Å². The fraction of sp³-hybridized carbons (Fsp3) is 0.467. The Bertz CT molecular complexity index is 537. The molecule has 0 aliphatic carbocycles. The van der Waals surface area contributed by atoms with Crippen molar-refractivity contribution in [2.24, 2.45) is 0 Å². The molecule has 108 valence electrons. The van der Waals surface area contributed by atoms with E-state index in [0.29, 0.717) is 37.3 Å². The van der Waals surface area contributed by atoms with Crippen molar-refractivity contribution >= 4 is 0 Å². The SMILES string of the molecule is Cc1cccc(OCCc2nc(CNC(C)C)no2)c1. The molecule has 1 N–H and O–H groups in total. The van der Waals surface area contributed by atoms with Crippen LogP contribution < -0.4 is 10.1 Å². The molecule has 0 atom stereocenters. The zero-order valence-corrected chi connectivity index (χ0v) is 12.2. The lowest BCUT2D eigenvalue weighted by Gasteiger charge is -2.04. The van der Waals surface area contributed by atoms with Crippen molar-refractivity contribution in [2.45, 2.75) is 39.8 Å². The summed E-state index contributed by atoms with van der Waals surface area (Å²) in [4.78, 5) is 4.31. The molecule has 0 fully saturated rings. The average molecular weight is 275 g/mol. The molecule has 20 heavy (non-hydrogen) atoms. The van der Waals surface area contributed by atoms with Gasteiger partial charge in [0.1, 0.15) is 5.75 Å². The van der Waals surface area contributed by atoms with E-state index in [4.69, 9.17) is 9.26 Å². The van der Waals surface area contributed by atoms with Gasteiger partial charge in [-0.05, 0) is 24.6 Å². The van der Waals surface area contributed by atoms with Gasteiger partial charge in [0.15, 0.2) is 5.82 Å². The molecular weight excluding hydrogens is 254 g/mol. The Hall–Kier alpha value is -1.88. The van der Waals surface area contributed by atoms with E-state index in [1.54, 1.807) is 0 Å². The maximum absolute atomic E-state index is 5.65. The Morgan fingerprint density at radius 3 is 2.95 bits per heavy atom. The molecule has 2 aromatic rings. The van der Waals surface area contributed by atoms with Crippen molar-refractivity contribution in [3.8, 4) is 5.75 Å². The van der Waals surface area contributed by atoms with Gasteiger partial charge in [-0.3, -0.25) is 0 Å². The number of benzene rings is 1. The summed E-state index contributed by atoms with van der Waals surface area (Å²) >= 11 is 0. The van der Waals surface area contributed by atoms with Crippen LogP contribution in [0.5, 0.6) is 5.75 Å². The highest BCUT2D eigenvalue weighted by atomic mass is 16.5. The molecule has 1 aromatic carbocycles. The number of rotatable bonds is 7. The van der Waals surface area contributed by atoms with Crippen molar-refractivity contribution in [3.63, 3.8) is 0 Å². The summed E-state index contributed by atoms with van der Waals surface area (Å²) in [6.07, 6.45) is 0.614. The largest absolute Gasteiger partial charge is 0.493 e. The predicted octanol–water partition coefficient (Wildman–Crippen LogP) is 2.50. The third-order valence-corrected chi connectivity index (χ3v) is 2.75. The van der Waals surface area contributed by atoms with Gasteiger partial charge >= 0.3 is 0 Å². The van der Waals surface area contributed by atoms with Gasteiger partial charge < -0.3 is 14.6 Å². The van der Waals surface area contributed by atoms with E-state index in [1.165, 1.54) is 5.56 Å². The molecule has 0 aliphatic heterocycles. The van der Waals surface area contributed by atoms with Crippen molar-refractivity contribution in [1.29, 1.82) is 0 Å². The first kappa shape index (κ1) is 14.5. The van der Waals surface area contributed by atoms with Crippen LogP contribution in [0, 0.1) is 6.92 Å². The van der Waals surface area contributed by atoms with E-state index in [-0.39, 0.29) is 0 Å². The fourth-order valence-electron chi connectivity index (χ4n) is 1.72. The summed E-state index contributed by atoms with van der Waals surface area (Å²) < 4.78 is 10.8. The van der Waals surface area contributed by atoms with E-state index in [1.807, 2.05) is 31.2 Å². The smallest absolute Gasteiger partial charge is 0.230 e. The highest BCUT2D eigenvalue weighted by Gasteiger charge is 2.06. The summed E-state index contributed by atoms with van der Waals surface area (Å²) in [5, 5.41) is 7.17. The third kappa shape index (κ3) is 4.66. The molecule has 5 heteroatoms. The van der Waals surface area contributed by atoms with E-state index >= 15 is 0 Å². The van der Waals surface area contributed by atoms with Gasteiger partial charge in [0.25, 0.3) is 0 Å². The number of aryl methyl sites for hydroxylation is 1. The maximum Gasteiger partial charge on any atom is 0.230 e. The van der Waals surface area contributed by atoms with Crippen molar-refractivity contribution in [3.05, 3.63) is 41.5 Å². The molecule has 0 saturated carbocycles. The second kappa shape index (κ2) is 7.05. The van der Waals surface area contributed by atoms with Crippen molar-refractivity contribution in [1.82, 2.24) is 15.5 Å². The molecule has 0 radical (unpaired) electrons. The number of ether oxygens (including phenoxy) is 1. The summed E-state index contributed by atoms with van der Waals surface area (Å²) in [7, 11) is 0. The monoisotopic (exact) mass is 275 g/mol. The Kier molecular flexibility index (Phi) is 5.12. The Labute approximate surface area is 119 Å². The lowest BCUT2D eigenvalue weighted by atomic mass is 10.2. The van der Waals surface area contributed by atoms with Crippen LogP contribution in [0.25, 0.3) is 0 Å². The van der Waals surface area contributed by atoms with Gasteiger partial charge in [-0.25, -0.2) is 0 Å². The molecular formula is C15H21N3O2. The Morgan fingerprint density at radius 2 is 2.20 bits per heavy atom. The van der Waals surface area contributed by atoms with E-state index in [2.05, 4.69) is 29.3 Å². The van der Waals surface area contributed by atoms with Crippen LogP contribution in [0.15, 0.2) is 28.8 Å². The van der Waals surface area contributed by atoms with Gasteiger partial charge in [0, 0.05) is 6.04 Å². The van der Waals surface area contributed by atoms with E-state index < -0.39 is 0 Å². The molecule has 0 saturated heterocycles. The molecule has 0 amide bonds. The van der Waals surface area contributed by atoms with E-state index in [9.17, 15) is 0 Å². The van der Waals surface area contributed by atoms with Gasteiger partial charge in [0.05, 0.1) is 19.6 Å².